The van der Waals surface area contributed by atoms with E-state index in [0.29, 0.717) is 4.75 Å². The molecule has 2 aromatic rings. The average molecular weight is 470 g/mol. The maximum atomic E-state index is 6.34. The van der Waals surface area contributed by atoms with E-state index in [2.05, 4.69) is 60.3 Å². The molecule has 0 unspecified atom stereocenters. The normalized spacial score (nSPS) is 19.5. The molecule has 5 heteroatoms. The SMILES string of the molecule is C=CC1(c2cc(Cl)ccc2NC)CCN(CCCc2ccc(SC3(CC)CC3)nc2)CC1. The van der Waals surface area contributed by atoms with Gasteiger partial charge in [0.25, 0.3) is 0 Å². The molecule has 2 heterocycles. The minimum atomic E-state index is -0.00539. The van der Waals surface area contributed by atoms with E-state index >= 15 is 0 Å². The molecule has 0 bridgehead atoms. The Morgan fingerprint density at radius 2 is 1.97 bits per heavy atom. The number of likely N-dealkylation sites (tertiary alicyclic amines) is 1. The number of pyridine rings is 1. The standard InChI is InChI=1S/C27H36ClN3S/c1-4-26(23-19-22(28)9-10-24(23)29-3)14-17-31(18-15-26)16-6-7-21-8-11-25(30-20-21)32-27(5-2)12-13-27/h4,8-11,19-20,29H,1,5-7,12-18H2,2-3H3. The number of rotatable bonds is 10. The van der Waals surface area contributed by atoms with Crippen molar-refractivity contribution in [3.05, 3.63) is 65.3 Å². The van der Waals surface area contributed by atoms with Gasteiger partial charge in [-0.1, -0.05) is 42.4 Å². The van der Waals surface area contributed by atoms with Crippen LogP contribution in [0.3, 0.4) is 0 Å². The largest absolute Gasteiger partial charge is 0.388 e. The number of allylic oxidation sites excluding steroid dienone is 1. The van der Waals surface area contributed by atoms with E-state index < -0.39 is 0 Å². The Balaban J connectivity index is 1.27. The average Bonchev–Trinajstić information content (AvgIpc) is 3.60. The lowest BCUT2D eigenvalue weighted by atomic mass is 9.72. The summed E-state index contributed by atoms with van der Waals surface area (Å²) in [6.45, 7) is 9.82. The van der Waals surface area contributed by atoms with Crippen LogP contribution in [0.4, 0.5) is 5.69 Å². The Bertz CT molecular complexity index is 915. The summed E-state index contributed by atoms with van der Waals surface area (Å²) >= 11 is 8.32. The van der Waals surface area contributed by atoms with Crippen molar-refractivity contribution in [3.8, 4) is 0 Å². The first-order chi connectivity index (χ1) is 15.5. The predicted octanol–water partition coefficient (Wildman–Crippen LogP) is 6.96. The third kappa shape index (κ3) is 5.35. The molecule has 0 amide bonds. The fraction of sp³-hybridized carbons (Fsp3) is 0.519. The van der Waals surface area contributed by atoms with Gasteiger partial charge in [-0.25, -0.2) is 4.98 Å². The summed E-state index contributed by atoms with van der Waals surface area (Å²) in [5.41, 5.74) is 3.78. The third-order valence-electron chi connectivity index (χ3n) is 7.44. The smallest absolute Gasteiger partial charge is 0.0965 e. The summed E-state index contributed by atoms with van der Waals surface area (Å²) in [6.07, 6.45) is 12.6. The van der Waals surface area contributed by atoms with Crippen LogP contribution in [0.1, 0.15) is 56.6 Å². The van der Waals surface area contributed by atoms with E-state index in [9.17, 15) is 0 Å². The van der Waals surface area contributed by atoms with E-state index in [1.165, 1.54) is 41.8 Å². The number of halogens is 1. The number of benzene rings is 1. The topological polar surface area (TPSA) is 28.2 Å². The fourth-order valence-electron chi connectivity index (χ4n) is 4.92. The van der Waals surface area contributed by atoms with E-state index in [1.807, 2.05) is 24.9 Å². The molecular weight excluding hydrogens is 434 g/mol. The van der Waals surface area contributed by atoms with E-state index in [-0.39, 0.29) is 5.41 Å². The number of anilines is 1. The van der Waals surface area contributed by atoms with Crippen molar-refractivity contribution in [3.63, 3.8) is 0 Å². The Morgan fingerprint density at radius 3 is 2.56 bits per heavy atom. The minimum absolute atomic E-state index is 0.00539. The van der Waals surface area contributed by atoms with Crippen LogP contribution in [0.15, 0.2) is 54.2 Å². The molecule has 2 fully saturated rings. The Morgan fingerprint density at radius 1 is 1.19 bits per heavy atom. The van der Waals surface area contributed by atoms with Crippen LogP contribution >= 0.6 is 23.4 Å². The number of piperidine rings is 1. The number of hydrogen-bond acceptors (Lipinski definition) is 4. The lowest BCUT2D eigenvalue weighted by Gasteiger charge is -2.41. The van der Waals surface area contributed by atoms with Crippen molar-refractivity contribution >= 4 is 29.1 Å². The zero-order valence-corrected chi connectivity index (χ0v) is 21.1. The van der Waals surface area contributed by atoms with Crippen molar-refractivity contribution in [2.75, 3.05) is 32.0 Å². The van der Waals surface area contributed by atoms with E-state index in [0.717, 1.165) is 49.6 Å². The number of hydrogen-bond donors (Lipinski definition) is 1. The predicted molar refractivity (Wildman–Crippen MR) is 139 cm³/mol. The molecule has 172 valence electrons. The first kappa shape index (κ1) is 23.7. The highest BCUT2D eigenvalue weighted by molar-refractivity contribution is 8.00. The van der Waals surface area contributed by atoms with Crippen molar-refractivity contribution in [2.45, 2.75) is 67.1 Å². The highest BCUT2D eigenvalue weighted by Gasteiger charge is 2.42. The summed E-state index contributed by atoms with van der Waals surface area (Å²) in [6, 6.07) is 10.7. The van der Waals surface area contributed by atoms with Crippen LogP contribution in [0.5, 0.6) is 0 Å². The van der Waals surface area contributed by atoms with Crippen LogP contribution in [0, 0.1) is 0 Å². The van der Waals surface area contributed by atoms with Crippen LogP contribution < -0.4 is 5.32 Å². The molecule has 1 saturated heterocycles. The van der Waals surface area contributed by atoms with Crippen LogP contribution in [-0.2, 0) is 11.8 Å². The third-order valence-corrected chi connectivity index (χ3v) is 9.25. The molecule has 1 aliphatic heterocycles. The highest BCUT2D eigenvalue weighted by Crippen LogP contribution is 2.53. The monoisotopic (exact) mass is 469 g/mol. The van der Waals surface area contributed by atoms with Gasteiger partial charge in [-0.3, -0.25) is 0 Å². The molecule has 4 rings (SSSR count). The second-order valence-electron chi connectivity index (χ2n) is 9.39. The molecule has 0 radical (unpaired) electrons. The molecule has 32 heavy (non-hydrogen) atoms. The van der Waals surface area contributed by atoms with Gasteiger partial charge < -0.3 is 10.2 Å². The van der Waals surface area contributed by atoms with Gasteiger partial charge in [-0.2, -0.15) is 0 Å². The van der Waals surface area contributed by atoms with E-state index in [1.54, 1.807) is 0 Å². The van der Waals surface area contributed by atoms with Crippen molar-refractivity contribution in [2.24, 2.45) is 0 Å². The maximum Gasteiger partial charge on any atom is 0.0965 e. The lowest BCUT2D eigenvalue weighted by molar-refractivity contribution is 0.182. The molecule has 1 aliphatic carbocycles. The molecule has 0 spiro atoms. The molecule has 1 saturated carbocycles. The van der Waals surface area contributed by atoms with Gasteiger partial charge in [0.1, 0.15) is 0 Å². The van der Waals surface area contributed by atoms with E-state index in [4.69, 9.17) is 16.6 Å². The molecule has 1 aromatic heterocycles. The molecule has 2 aliphatic rings. The fourth-order valence-corrected chi connectivity index (χ4v) is 6.23. The van der Waals surface area contributed by atoms with Gasteiger partial charge in [-0.05, 0) is 100.0 Å². The lowest BCUT2D eigenvalue weighted by Crippen LogP contribution is -2.42. The van der Waals surface area contributed by atoms with Crippen LogP contribution in [0.25, 0.3) is 0 Å². The Kier molecular flexibility index (Phi) is 7.54. The number of aryl methyl sites for hydroxylation is 1. The molecule has 3 nitrogen and oxygen atoms in total. The molecule has 1 aromatic carbocycles. The first-order valence-electron chi connectivity index (χ1n) is 12.0. The van der Waals surface area contributed by atoms with Crippen molar-refractivity contribution < 1.29 is 0 Å². The number of thioether (sulfide) groups is 1. The highest BCUT2D eigenvalue weighted by atomic mass is 35.5. The molecular formula is C27H36ClN3S. The summed E-state index contributed by atoms with van der Waals surface area (Å²) in [5.74, 6) is 0. The summed E-state index contributed by atoms with van der Waals surface area (Å²) in [4.78, 5) is 7.32. The number of aromatic nitrogens is 1. The van der Waals surface area contributed by atoms with Crippen molar-refractivity contribution in [1.29, 1.82) is 0 Å². The zero-order chi connectivity index (χ0) is 22.6. The quantitative estimate of drug-likeness (QED) is 0.380. The number of nitrogens with zero attached hydrogens (tertiary/aromatic N) is 2. The van der Waals surface area contributed by atoms with Gasteiger partial charge in [0.15, 0.2) is 0 Å². The maximum absolute atomic E-state index is 6.34. The zero-order valence-electron chi connectivity index (χ0n) is 19.5. The summed E-state index contributed by atoms with van der Waals surface area (Å²) in [5, 5.41) is 5.32. The van der Waals surface area contributed by atoms with Gasteiger partial charge in [0.2, 0.25) is 0 Å². The second kappa shape index (κ2) is 10.2. The van der Waals surface area contributed by atoms with Crippen LogP contribution in [-0.4, -0.2) is 41.3 Å². The summed E-state index contributed by atoms with van der Waals surface area (Å²) < 4.78 is 0.489. The molecule has 0 atom stereocenters. The second-order valence-corrected chi connectivity index (χ2v) is 11.3. The van der Waals surface area contributed by atoms with Gasteiger partial charge in [-0.15, -0.1) is 6.58 Å². The Hall–Kier alpha value is -1.49. The van der Waals surface area contributed by atoms with Gasteiger partial charge in [0, 0.05) is 34.1 Å². The van der Waals surface area contributed by atoms with Crippen molar-refractivity contribution in [1.82, 2.24) is 9.88 Å². The van der Waals surface area contributed by atoms with Gasteiger partial charge >= 0.3 is 0 Å². The minimum Gasteiger partial charge on any atom is -0.388 e. The van der Waals surface area contributed by atoms with Crippen LogP contribution in [0.2, 0.25) is 5.02 Å². The summed E-state index contributed by atoms with van der Waals surface area (Å²) in [7, 11) is 1.98. The Labute approximate surface area is 203 Å². The first-order valence-corrected chi connectivity index (χ1v) is 13.2. The number of nitrogens with one attached hydrogen (secondary N) is 1. The van der Waals surface area contributed by atoms with Gasteiger partial charge in [0.05, 0.1) is 5.03 Å². The molecule has 1 N–H and O–H groups in total.